The highest BCUT2D eigenvalue weighted by Crippen LogP contribution is 2.02. The first-order valence-corrected chi connectivity index (χ1v) is 6.94. The van der Waals surface area contributed by atoms with Crippen LogP contribution in [0.2, 0.25) is 0 Å². The van der Waals surface area contributed by atoms with Gasteiger partial charge in [-0.1, -0.05) is 30.3 Å². The summed E-state index contributed by atoms with van der Waals surface area (Å²) in [5.41, 5.74) is 6.73. The maximum atomic E-state index is 11.9. The highest BCUT2D eigenvalue weighted by molar-refractivity contribution is 5.91. The molecule has 1 rings (SSSR count). The average molecular weight is 307 g/mol. The number of amides is 2. The summed E-state index contributed by atoms with van der Waals surface area (Å²) in [5.74, 6) is -2.18. The van der Waals surface area contributed by atoms with Crippen molar-refractivity contribution in [2.75, 3.05) is 0 Å². The van der Waals surface area contributed by atoms with E-state index in [9.17, 15) is 14.4 Å². The van der Waals surface area contributed by atoms with Crippen LogP contribution in [0.1, 0.15) is 19.4 Å². The number of carbonyl (C=O) groups excluding carboxylic acids is 2. The number of benzene rings is 1. The maximum absolute atomic E-state index is 11.9. The summed E-state index contributed by atoms with van der Waals surface area (Å²) < 4.78 is 0. The normalized spacial score (nSPS) is 14.5. The van der Waals surface area contributed by atoms with Gasteiger partial charge in [-0.2, -0.15) is 0 Å². The maximum Gasteiger partial charge on any atom is 0.325 e. The van der Waals surface area contributed by atoms with Gasteiger partial charge >= 0.3 is 5.97 Å². The molecule has 0 fully saturated rings. The molecule has 120 valence electrons. The summed E-state index contributed by atoms with van der Waals surface area (Å²) in [6.07, 6.45) is 0.354. The molecule has 0 spiro atoms. The van der Waals surface area contributed by atoms with Crippen molar-refractivity contribution in [3.8, 4) is 0 Å². The highest BCUT2D eigenvalue weighted by Gasteiger charge is 2.22. The number of hydrogen-bond acceptors (Lipinski definition) is 4. The zero-order valence-electron chi connectivity index (χ0n) is 12.6. The number of rotatable bonds is 7. The molecule has 0 heterocycles. The van der Waals surface area contributed by atoms with Gasteiger partial charge in [-0.3, -0.25) is 14.4 Å². The highest BCUT2D eigenvalue weighted by atomic mass is 16.4. The Labute approximate surface area is 128 Å². The van der Waals surface area contributed by atoms with Crippen LogP contribution in [0.15, 0.2) is 30.3 Å². The third-order valence-electron chi connectivity index (χ3n) is 3.12. The first kappa shape index (κ1) is 17.6. The lowest BCUT2D eigenvalue weighted by Gasteiger charge is -2.18. The van der Waals surface area contributed by atoms with Gasteiger partial charge in [0, 0.05) is 0 Å². The van der Waals surface area contributed by atoms with E-state index in [0.29, 0.717) is 6.42 Å². The number of aliphatic carboxylic acids is 1. The minimum absolute atomic E-state index is 0.354. The standard InChI is InChI=1S/C15H21N3O4/c1-9(13(19)18-10(2)15(21)22)17-14(20)12(16)8-11-6-4-3-5-7-11/h3-7,9-10,12H,8,16H2,1-2H3,(H,17,20)(H,18,19)(H,21,22)/t9?,10-,12-/m0/s1. The van der Waals surface area contributed by atoms with Crippen LogP contribution in [0.5, 0.6) is 0 Å². The van der Waals surface area contributed by atoms with Gasteiger partial charge in [-0.05, 0) is 25.8 Å². The van der Waals surface area contributed by atoms with Gasteiger partial charge in [0.1, 0.15) is 12.1 Å². The Morgan fingerprint density at radius 2 is 1.59 bits per heavy atom. The molecule has 0 bridgehead atoms. The molecule has 2 amide bonds. The van der Waals surface area contributed by atoms with Gasteiger partial charge in [0.15, 0.2) is 0 Å². The molecule has 0 aliphatic rings. The smallest absolute Gasteiger partial charge is 0.325 e. The van der Waals surface area contributed by atoms with Gasteiger partial charge in [0.05, 0.1) is 6.04 Å². The van der Waals surface area contributed by atoms with Crippen molar-refractivity contribution in [2.24, 2.45) is 5.73 Å². The third kappa shape index (κ3) is 5.53. The molecule has 0 saturated carbocycles. The Bertz CT molecular complexity index is 533. The molecule has 0 saturated heterocycles. The molecule has 7 nitrogen and oxygen atoms in total. The van der Waals surface area contributed by atoms with Gasteiger partial charge in [-0.25, -0.2) is 0 Å². The summed E-state index contributed by atoms with van der Waals surface area (Å²) >= 11 is 0. The summed E-state index contributed by atoms with van der Waals surface area (Å²) in [6.45, 7) is 2.81. The zero-order valence-corrected chi connectivity index (χ0v) is 12.6. The fourth-order valence-corrected chi connectivity index (χ4v) is 1.75. The number of nitrogens with two attached hydrogens (primary N) is 1. The summed E-state index contributed by atoms with van der Waals surface area (Å²) in [4.78, 5) is 34.4. The molecule has 1 aromatic carbocycles. The average Bonchev–Trinajstić information content (AvgIpc) is 2.47. The number of hydrogen-bond donors (Lipinski definition) is 4. The van der Waals surface area contributed by atoms with Crippen LogP contribution in [0.4, 0.5) is 0 Å². The van der Waals surface area contributed by atoms with Crippen LogP contribution in [-0.2, 0) is 20.8 Å². The van der Waals surface area contributed by atoms with Crippen LogP contribution in [0.3, 0.4) is 0 Å². The van der Waals surface area contributed by atoms with E-state index in [4.69, 9.17) is 10.8 Å². The van der Waals surface area contributed by atoms with Crippen molar-refractivity contribution in [1.29, 1.82) is 0 Å². The molecular formula is C15H21N3O4. The second-order valence-electron chi connectivity index (χ2n) is 5.10. The number of carbonyl (C=O) groups is 3. The lowest BCUT2D eigenvalue weighted by atomic mass is 10.1. The van der Waals surface area contributed by atoms with E-state index in [1.54, 1.807) is 0 Å². The molecule has 0 radical (unpaired) electrons. The molecule has 7 heteroatoms. The van der Waals surface area contributed by atoms with Crippen LogP contribution in [-0.4, -0.2) is 41.0 Å². The predicted molar refractivity (Wildman–Crippen MR) is 81.0 cm³/mol. The fraction of sp³-hybridized carbons (Fsp3) is 0.400. The van der Waals surface area contributed by atoms with E-state index in [1.807, 2.05) is 30.3 Å². The lowest BCUT2D eigenvalue weighted by Crippen LogP contribution is -2.53. The quantitative estimate of drug-likeness (QED) is 0.548. The molecule has 0 aromatic heterocycles. The van der Waals surface area contributed by atoms with E-state index in [1.165, 1.54) is 13.8 Å². The first-order chi connectivity index (χ1) is 10.3. The van der Waals surface area contributed by atoms with Crippen LogP contribution >= 0.6 is 0 Å². The molecule has 5 N–H and O–H groups in total. The number of carboxylic acid groups (broad SMARTS) is 1. The second-order valence-corrected chi connectivity index (χ2v) is 5.10. The largest absolute Gasteiger partial charge is 0.480 e. The monoisotopic (exact) mass is 307 g/mol. The molecular weight excluding hydrogens is 286 g/mol. The van der Waals surface area contributed by atoms with Crippen molar-refractivity contribution in [3.63, 3.8) is 0 Å². The summed E-state index contributed by atoms with van der Waals surface area (Å²) in [6, 6.07) is 6.61. The summed E-state index contributed by atoms with van der Waals surface area (Å²) in [7, 11) is 0. The third-order valence-corrected chi connectivity index (χ3v) is 3.12. The fourth-order valence-electron chi connectivity index (χ4n) is 1.75. The van der Waals surface area contributed by atoms with Crippen molar-refractivity contribution >= 4 is 17.8 Å². The Kier molecular flexibility index (Phi) is 6.52. The van der Waals surface area contributed by atoms with Gasteiger partial charge in [0.2, 0.25) is 11.8 Å². The Morgan fingerprint density at radius 3 is 2.14 bits per heavy atom. The molecule has 1 unspecified atom stereocenters. The zero-order chi connectivity index (χ0) is 16.7. The first-order valence-electron chi connectivity index (χ1n) is 6.94. The van der Waals surface area contributed by atoms with Gasteiger partial charge in [-0.15, -0.1) is 0 Å². The summed E-state index contributed by atoms with van der Waals surface area (Å²) in [5, 5.41) is 13.5. The van der Waals surface area contributed by atoms with Crippen molar-refractivity contribution in [1.82, 2.24) is 10.6 Å². The van der Waals surface area contributed by atoms with E-state index < -0.39 is 35.9 Å². The van der Waals surface area contributed by atoms with Crippen LogP contribution in [0.25, 0.3) is 0 Å². The van der Waals surface area contributed by atoms with Crippen molar-refractivity contribution in [3.05, 3.63) is 35.9 Å². The SMILES string of the molecule is CC(NC(=O)[C@@H](N)Cc1ccccc1)C(=O)N[C@@H](C)C(=O)O. The van der Waals surface area contributed by atoms with E-state index in [0.717, 1.165) is 5.56 Å². The molecule has 1 aromatic rings. The van der Waals surface area contributed by atoms with Gasteiger partial charge in [0.25, 0.3) is 0 Å². The van der Waals surface area contributed by atoms with E-state index >= 15 is 0 Å². The Hall–Kier alpha value is -2.41. The van der Waals surface area contributed by atoms with E-state index in [-0.39, 0.29) is 0 Å². The predicted octanol–water partition coefficient (Wildman–Crippen LogP) is -0.350. The van der Waals surface area contributed by atoms with Crippen molar-refractivity contribution in [2.45, 2.75) is 38.4 Å². The van der Waals surface area contributed by atoms with Gasteiger partial charge < -0.3 is 21.5 Å². The minimum atomic E-state index is -1.15. The lowest BCUT2D eigenvalue weighted by molar-refractivity contribution is -0.141. The van der Waals surface area contributed by atoms with Crippen LogP contribution < -0.4 is 16.4 Å². The molecule has 0 aliphatic heterocycles. The Morgan fingerprint density at radius 1 is 1.05 bits per heavy atom. The Balaban J connectivity index is 2.49. The second kappa shape index (κ2) is 8.14. The van der Waals surface area contributed by atoms with E-state index in [2.05, 4.69) is 10.6 Å². The minimum Gasteiger partial charge on any atom is -0.480 e. The number of carboxylic acids is 1. The molecule has 3 atom stereocenters. The molecule has 0 aliphatic carbocycles. The van der Waals surface area contributed by atoms with Crippen LogP contribution in [0, 0.1) is 0 Å². The topological polar surface area (TPSA) is 122 Å². The number of nitrogens with one attached hydrogen (secondary N) is 2. The van der Waals surface area contributed by atoms with Crippen molar-refractivity contribution < 1.29 is 19.5 Å². The molecule has 22 heavy (non-hydrogen) atoms.